The van der Waals surface area contributed by atoms with E-state index >= 15 is 0 Å². The third-order valence-electron chi connectivity index (χ3n) is 3.68. The average molecular weight is 279 g/mol. The fourth-order valence-corrected chi connectivity index (χ4v) is 2.75. The summed E-state index contributed by atoms with van der Waals surface area (Å²) in [7, 11) is 0. The van der Waals surface area contributed by atoms with Crippen molar-refractivity contribution < 1.29 is 4.52 Å². The fourth-order valence-electron chi connectivity index (χ4n) is 2.64. The number of halogens is 1. The van der Waals surface area contributed by atoms with Crippen molar-refractivity contribution in [3.05, 3.63) is 29.2 Å². The molecule has 2 N–H and O–H groups in total. The molecule has 0 radical (unpaired) electrons. The van der Waals surface area contributed by atoms with Gasteiger partial charge in [0, 0.05) is 12.1 Å². The lowest BCUT2D eigenvalue weighted by Crippen LogP contribution is -2.17. The smallest absolute Gasteiger partial charge is 0.230 e. The maximum atomic E-state index is 5.81. The van der Waals surface area contributed by atoms with E-state index in [9.17, 15) is 0 Å². The van der Waals surface area contributed by atoms with E-state index in [1.807, 2.05) is 0 Å². The van der Waals surface area contributed by atoms with Crippen LogP contribution < -0.4 is 5.73 Å². The predicted molar refractivity (Wildman–Crippen MR) is 71.7 cm³/mol. The van der Waals surface area contributed by atoms with Gasteiger partial charge in [-0.25, -0.2) is 0 Å². The zero-order valence-corrected chi connectivity index (χ0v) is 11.2. The van der Waals surface area contributed by atoms with Gasteiger partial charge in [-0.15, -0.1) is 0 Å². The van der Waals surface area contributed by atoms with Gasteiger partial charge in [0.05, 0.1) is 5.02 Å². The van der Waals surface area contributed by atoms with Crippen LogP contribution in [0.1, 0.15) is 31.1 Å². The first-order chi connectivity index (χ1) is 9.28. The number of aromatic nitrogens is 3. The molecular formula is C13H15ClN4O. The molecule has 0 aromatic carbocycles. The summed E-state index contributed by atoms with van der Waals surface area (Å²) in [5, 5.41) is 4.59. The number of nitrogens with two attached hydrogens (primary N) is 1. The van der Waals surface area contributed by atoms with Crippen LogP contribution in [0.4, 0.5) is 0 Å². The summed E-state index contributed by atoms with van der Waals surface area (Å²) in [6.45, 7) is 0.668. The molecule has 3 rings (SSSR count). The molecule has 2 aromatic heterocycles. The van der Waals surface area contributed by atoms with Crippen LogP contribution in [0.25, 0.3) is 11.5 Å². The third-order valence-corrected chi connectivity index (χ3v) is 3.90. The highest BCUT2D eigenvalue weighted by Crippen LogP contribution is 2.38. The van der Waals surface area contributed by atoms with Crippen LogP contribution in [-0.4, -0.2) is 21.7 Å². The molecule has 2 unspecified atom stereocenters. The second-order valence-electron chi connectivity index (χ2n) is 4.85. The Morgan fingerprint density at radius 2 is 2.26 bits per heavy atom. The highest BCUT2D eigenvalue weighted by molar-refractivity contribution is 6.30. The first-order valence-corrected chi connectivity index (χ1v) is 6.81. The minimum absolute atomic E-state index is 0.290. The van der Waals surface area contributed by atoms with E-state index in [1.54, 1.807) is 18.3 Å². The Morgan fingerprint density at radius 1 is 1.37 bits per heavy atom. The van der Waals surface area contributed by atoms with Gasteiger partial charge in [-0.3, -0.25) is 4.98 Å². The first kappa shape index (κ1) is 12.6. The van der Waals surface area contributed by atoms with Crippen LogP contribution in [0.2, 0.25) is 5.02 Å². The molecule has 0 bridgehead atoms. The molecule has 1 fully saturated rings. The zero-order chi connectivity index (χ0) is 13.2. The van der Waals surface area contributed by atoms with E-state index in [-0.39, 0.29) is 0 Å². The predicted octanol–water partition coefficient (Wildman–Crippen LogP) is 2.63. The summed E-state index contributed by atoms with van der Waals surface area (Å²) in [5.74, 6) is 1.93. The number of rotatable bonds is 3. The lowest BCUT2D eigenvalue weighted by Gasteiger charge is -2.12. The van der Waals surface area contributed by atoms with Crippen LogP contribution in [-0.2, 0) is 0 Å². The summed E-state index contributed by atoms with van der Waals surface area (Å²) < 4.78 is 5.38. The summed E-state index contributed by atoms with van der Waals surface area (Å²) in [6.07, 6.45) is 4.95. The lowest BCUT2D eigenvalue weighted by atomic mass is 9.96. The van der Waals surface area contributed by atoms with Gasteiger partial charge < -0.3 is 10.3 Å². The second kappa shape index (κ2) is 5.27. The molecule has 0 saturated heterocycles. The Hall–Kier alpha value is -1.46. The quantitative estimate of drug-likeness (QED) is 0.934. The molecule has 19 heavy (non-hydrogen) atoms. The SMILES string of the molecule is NCC1CCCC1c1nc(-c2ccc(Cl)cn2)no1. The largest absolute Gasteiger partial charge is 0.339 e. The van der Waals surface area contributed by atoms with E-state index in [2.05, 4.69) is 15.1 Å². The Balaban J connectivity index is 1.85. The minimum atomic E-state index is 0.290. The Morgan fingerprint density at radius 3 is 3.00 bits per heavy atom. The average Bonchev–Trinajstić information content (AvgIpc) is 3.07. The summed E-state index contributed by atoms with van der Waals surface area (Å²) in [4.78, 5) is 8.64. The number of hydrogen-bond donors (Lipinski definition) is 1. The molecule has 100 valence electrons. The Kier molecular flexibility index (Phi) is 3.48. The van der Waals surface area contributed by atoms with Crippen LogP contribution in [0.3, 0.4) is 0 Å². The fraction of sp³-hybridized carbons (Fsp3) is 0.462. The van der Waals surface area contributed by atoms with Crippen LogP contribution in [0.15, 0.2) is 22.9 Å². The van der Waals surface area contributed by atoms with Gasteiger partial charge in [0.15, 0.2) is 0 Å². The van der Waals surface area contributed by atoms with Crippen molar-refractivity contribution in [1.29, 1.82) is 0 Å². The highest BCUT2D eigenvalue weighted by Gasteiger charge is 2.32. The molecule has 0 amide bonds. The second-order valence-corrected chi connectivity index (χ2v) is 5.29. The van der Waals surface area contributed by atoms with Crippen LogP contribution in [0, 0.1) is 5.92 Å². The molecule has 2 atom stereocenters. The Bertz CT molecular complexity index is 554. The van der Waals surface area contributed by atoms with Crippen LogP contribution in [0.5, 0.6) is 0 Å². The van der Waals surface area contributed by atoms with Crippen LogP contribution >= 0.6 is 11.6 Å². The van der Waals surface area contributed by atoms with Gasteiger partial charge in [0.1, 0.15) is 5.69 Å². The van der Waals surface area contributed by atoms with Gasteiger partial charge in [-0.1, -0.05) is 23.2 Å². The maximum Gasteiger partial charge on any atom is 0.230 e. The molecule has 6 heteroatoms. The molecule has 1 aliphatic carbocycles. The zero-order valence-electron chi connectivity index (χ0n) is 10.4. The molecule has 5 nitrogen and oxygen atoms in total. The molecule has 2 heterocycles. The van der Waals surface area contributed by atoms with Gasteiger partial charge >= 0.3 is 0 Å². The number of pyridine rings is 1. The highest BCUT2D eigenvalue weighted by atomic mass is 35.5. The van der Waals surface area contributed by atoms with Crippen molar-refractivity contribution in [2.75, 3.05) is 6.54 Å². The number of nitrogens with zero attached hydrogens (tertiary/aromatic N) is 3. The summed E-state index contributed by atoms with van der Waals surface area (Å²) >= 11 is 5.81. The van der Waals surface area contributed by atoms with Crippen molar-refractivity contribution >= 4 is 11.6 Å². The van der Waals surface area contributed by atoms with Gasteiger partial charge in [-0.05, 0) is 37.4 Å². The monoisotopic (exact) mass is 278 g/mol. The van der Waals surface area contributed by atoms with E-state index in [0.29, 0.717) is 40.8 Å². The van der Waals surface area contributed by atoms with Crippen molar-refractivity contribution in [1.82, 2.24) is 15.1 Å². The molecule has 0 spiro atoms. The third kappa shape index (κ3) is 2.48. The van der Waals surface area contributed by atoms with E-state index in [1.165, 1.54) is 6.42 Å². The van der Waals surface area contributed by atoms with Gasteiger partial charge in [0.2, 0.25) is 11.7 Å². The Labute approximate surface area is 116 Å². The lowest BCUT2D eigenvalue weighted by molar-refractivity contribution is 0.326. The topological polar surface area (TPSA) is 77.8 Å². The minimum Gasteiger partial charge on any atom is -0.339 e. The normalized spacial score (nSPS) is 22.8. The van der Waals surface area contributed by atoms with Crippen molar-refractivity contribution in [3.63, 3.8) is 0 Å². The molecule has 1 aliphatic rings. The summed E-state index contributed by atoms with van der Waals surface area (Å²) in [5.41, 5.74) is 6.45. The van der Waals surface area contributed by atoms with Crippen molar-refractivity contribution in [2.45, 2.75) is 25.2 Å². The van der Waals surface area contributed by atoms with E-state index in [0.717, 1.165) is 12.8 Å². The van der Waals surface area contributed by atoms with Crippen molar-refractivity contribution in [2.24, 2.45) is 11.7 Å². The van der Waals surface area contributed by atoms with E-state index in [4.69, 9.17) is 21.9 Å². The van der Waals surface area contributed by atoms with Gasteiger partial charge in [-0.2, -0.15) is 4.98 Å². The number of hydrogen-bond acceptors (Lipinski definition) is 5. The standard InChI is InChI=1S/C13H15ClN4O/c14-9-4-5-11(16-7-9)12-17-13(19-18-12)10-3-1-2-8(10)6-15/h4-5,7-8,10H,1-3,6,15H2. The summed E-state index contributed by atoms with van der Waals surface area (Å²) in [6, 6.07) is 3.55. The molecule has 1 saturated carbocycles. The van der Waals surface area contributed by atoms with E-state index < -0.39 is 0 Å². The maximum absolute atomic E-state index is 5.81. The van der Waals surface area contributed by atoms with Gasteiger partial charge in [0.25, 0.3) is 0 Å². The molecular weight excluding hydrogens is 264 g/mol. The van der Waals surface area contributed by atoms with Crippen molar-refractivity contribution in [3.8, 4) is 11.5 Å². The first-order valence-electron chi connectivity index (χ1n) is 6.43. The molecule has 0 aliphatic heterocycles. The molecule has 2 aromatic rings.